The van der Waals surface area contributed by atoms with Gasteiger partial charge in [0.25, 0.3) is 5.91 Å². The van der Waals surface area contributed by atoms with Crippen molar-refractivity contribution in [3.05, 3.63) is 58.6 Å². The Morgan fingerprint density at radius 1 is 1.25 bits per heavy atom. The van der Waals surface area contributed by atoms with Crippen LogP contribution in [0.5, 0.6) is 5.75 Å². The van der Waals surface area contributed by atoms with Crippen LogP contribution in [0.3, 0.4) is 0 Å². The van der Waals surface area contributed by atoms with E-state index in [1.807, 2.05) is 6.07 Å². The van der Waals surface area contributed by atoms with Crippen LogP contribution in [0.25, 0.3) is 0 Å². The first-order valence-electron chi connectivity index (χ1n) is 8.69. The highest BCUT2D eigenvalue weighted by atomic mass is 35.5. The van der Waals surface area contributed by atoms with Crippen LogP contribution >= 0.6 is 23.4 Å². The van der Waals surface area contributed by atoms with Gasteiger partial charge in [0, 0.05) is 22.9 Å². The number of fused-ring (bicyclic) bond motifs is 1. The predicted molar refractivity (Wildman–Crippen MR) is 107 cm³/mol. The Morgan fingerprint density at radius 2 is 2.04 bits per heavy atom. The summed E-state index contributed by atoms with van der Waals surface area (Å²) in [5, 5.41) is 12.3. The second-order valence-electron chi connectivity index (χ2n) is 6.56. The Bertz CT molecular complexity index is 974. The molecule has 1 fully saturated rings. The van der Waals surface area contributed by atoms with Crippen molar-refractivity contribution < 1.29 is 14.3 Å². The Labute approximate surface area is 171 Å². The summed E-state index contributed by atoms with van der Waals surface area (Å²) in [7, 11) is 0. The molecule has 4 rings (SSSR count). The minimum Gasteiger partial charge on any atom is -0.480 e. The van der Waals surface area contributed by atoms with Crippen LogP contribution in [-0.2, 0) is 16.0 Å². The van der Waals surface area contributed by atoms with Crippen molar-refractivity contribution in [2.45, 2.75) is 18.6 Å². The number of amides is 2. The molecule has 2 heterocycles. The van der Waals surface area contributed by atoms with Gasteiger partial charge in [-0.05, 0) is 48.0 Å². The largest absolute Gasteiger partial charge is 0.480 e. The standard InChI is InChI=1S/C20H16ClN3O3S/c21-14-3-6-17-13(7-14)8-18(27-17)20(26)24-11-28-10-16(24)19(25)23-15-4-1-12(9-22)2-5-15/h1-7,16,18H,8,10-11H2,(H,23,25). The zero-order chi connectivity index (χ0) is 19.7. The zero-order valence-electron chi connectivity index (χ0n) is 14.7. The van der Waals surface area contributed by atoms with Crippen molar-refractivity contribution in [2.75, 3.05) is 16.9 Å². The van der Waals surface area contributed by atoms with E-state index in [0.717, 1.165) is 5.56 Å². The lowest BCUT2D eigenvalue weighted by atomic mass is 10.1. The summed E-state index contributed by atoms with van der Waals surface area (Å²) in [6.45, 7) is 0. The van der Waals surface area contributed by atoms with Crippen LogP contribution in [-0.4, -0.2) is 40.5 Å². The van der Waals surface area contributed by atoms with Gasteiger partial charge in [-0.25, -0.2) is 0 Å². The fraction of sp³-hybridized carbons (Fsp3) is 0.250. The predicted octanol–water partition coefficient (Wildman–Crippen LogP) is 3.06. The fourth-order valence-electron chi connectivity index (χ4n) is 3.27. The topological polar surface area (TPSA) is 82.4 Å². The normalized spacial score (nSPS) is 20.2. The second kappa shape index (κ2) is 7.74. The molecule has 28 heavy (non-hydrogen) atoms. The Balaban J connectivity index is 1.43. The first-order valence-corrected chi connectivity index (χ1v) is 10.2. The summed E-state index contributed by atoms with van der Waals surface area (Å²) in [6, 6.07) is 13.4. The van der Waals surface area contributed by atoms with Gasteiger partial charge in [0.05, 0.1) is 17.5 Å². The lowest BCUT2D eigenvalue weighted by molar-refractivity contribution is -0.141. The van der Waals surface area contributed by atoms with Gasteiger partial charge in [0.2, 0.25) is 5.91 Å². The molecule has 0 spiro atoms. The van der Waals surface area contributed by atoms with Gasteiger partial charge in [-0.3, -0.25) is 9.59 Å². The summed E-state index contributed by atoms with van der Waals surface area (Å²) in [6.07, 6.45) is -0.197. The van der Waals surface area contributed by atoms with Crippen molar-refractivity contribution in [1.82, 2.24) is 4.90 Å². The van der Waals surface area contributed by atoms with E-state index in [1.54, 1.807) is 47.4 Å². The number of benzene rings is 2. The van der Waals surface area contributed by atoms with Crippen molar-refractivity contribution in [1.29, 1.82) is 5.26 Å². The van der Waals surface area contributed by atoms with Crippen molar-refractivity contribution >= 4 is 40.9 Å². The molecule has 142 valence electrons. The van der Waals surface area contributed by atoms with E-state index in [2.05, 4.69) is 5.32 Å². The molecule has 1 saturated heterocycles. The van der Waals surface area contributed by atoms with E-state index in [4.69, 9.17) is 21.6 Å². The maximum Gasteiger partial charge on any atom is 0.265 e. The summed E-state index contributed by atoms with van der Waals surface area (Å²) in [5.41, 5.74) is 2.01. The smallest absolute Gasteiger partial charge is 0.265 e. The molecule has 2 aromatic carbocycles. The highest BCUT2D eigenvalue weighted by Gasteiger charge is 2.40. The fourth-order valence-corrected chi connectivity index (χ4v) is 4.63. The van der Waals surface area contributed by atoms with E-state index < -0.39 is 12.1 Å². The number of rotatable bonds is 3. The summed E-state index contributed by atoms with van der Waals surface area (Å²) in [4.78, 5) is 27.3. The second-order valence-corrected chi connectivity index (χ2v) is 8.00. The molecule has 2 aliphatic rings. The molecule has 2 unspecified atom stereocenters. The molecule has 0 saturated carbocycles. The average Bonchev–Trinajstić information content (AvgIpc) is 3.34. The van der Waals surface area contributed by atoms with Gasteiger partial charge in [-0.1, -0.05) is 11.6 Å². The van der Waals surface area contributed by atoms with E-state index >= 15 is 0 Å². The third-order valence-corrected chi connectivity index (χ3v) is 5.97. The first kappa shape index (κ1) is 18.7. The average molecular weight is 414 g/mol. The van der Waals surface area contributed by atoms with E-state index in [-0.39, 0.29) is 11.8 Å². The van der Waals surface area contributed by atoms with E-state index in [1.165, 1.54) is 11.8 Å². The summed E-state index contributed by atoms with van der Waals surface area (Å²) in [5.74, 6) is 1.19. The Kier molecular flexibility index (Phi) is 5.16. The van der Waals surface area contributed by atoms with Crippen molar-refractivity contribution in [3.8, 4) is 11.8 Å². The van der Waals surface area contributed by atoms with Crippen LogP contribution in [0.1, 0.15) is 11.1 Å². The molecule has 6 nitrogen and oxygen atoms in total. The summed E-state index contributed by atoms with van der Waals surface area (Å²) < 4.78 is 5.79. The molecule has 0 aromatic heterocycles. The molecule has 8 heteroatoms. The van der Waals surface area contributed by atoms with Crippen LogP contribution in [0.4, 0.5) is 5.69 Å². The first-order chi connectivity index (χ1) is 13.5. The number of nitrogens with one attached hydrogen (secondary N) is 1. The maximum atomic E-state index is 13.0. The zero-order valence-corrected chi connectivity index (χ0v) is 16.3. The molecular formula is C20H16ClN3O3S. The monoisotopic (exact) mass is 413 g/mol. The number of halogens is 1. The molecular weight excluding hydrogens is 398 g/mol. The van der Waals surface area contributed by atoms with Crippen molar-refractivity contribution in [3.63, 3.8) is 0 Å². The number of anilines is 1. The number of nitrogens with zero attached hydrogens (tertiary/aromatic N) is 2. The molecule has 0 radical (unpaired) electrons. The van der Waals surface area contributed by atoms with Gasteiger partial charge in [0.15, 0.2) is 6.10 Å². The van der Waals surface area contributed by atoms with Gasteiger partial charge < -0.3 is 15.0 Å². The van der Waals surface area contributed by atoms with Crippen LogP contribution in [0, 0.1) is 11.3 Å². The molecule has 2 atom stereocenters. The highest BCUT2D eigenvalue weighted by molar-refractivity contribution is 7.99. The van der Waals surface area contributed by atoms with Gasteiger partial charge in [-0.2, -0.15) is 5.26 Å². The quantitative estimate of drug-likeness (QED) is 0.836. The molecule has 0 aliphatic carbocycles. The molecule has 2 amide bonds. The number of thioether (sulfide) groups is 1. The van der Waals surface area contributed by atoms with E-state index in [9.17, 15) is 9.59 Å². The Hall–Kier alpha value is -2.69. The summed E-state index contributed by atoms with van der Waals surface area (Å²) >= 11 is 7.55. The van der Waals surface area contributed by atoms with Crippen LogP contribution in [0.2, 0.25) is 5.02 Å². The minimum absolute atomic E-state index is 0.197. The number of nitriles is 1. The van der Waals surface area contributed by atoms with E-state index in [0.29, 0.717) is 40.1 Å². The lowest BCUT2D eigenvalue weighted by Gasteiger charge is -2.25. The Morgan fingerprint density at radius 3 is 2.79 bits per heavy atom. The van der Waals surface area contributed by atoms with Gasteiger partial charge in [0.1, 0.15) is 11.8 Å². The maximum absolute atomic E-state index is 13.0. The SMILES string of the molecule is N#Cc1ccc(NC(=O)C2CSCN2C(=O)C2Cc3cc(Cl)ccc3O2)cc1. The number of carbonyl (C=O) groups excluding carboxylic acids is 2. The molecule has 1 N–H and O–H groups in total. The number of hydrogen-bond donors (Lipinski definition) is 1. The van der Waals surface area contributed by atoms with Gasteiger partial charge in [-0.15, -0.1) is 11.8 Å². The highest BCUT2D eigenvalue weighted by Crippen LogP contribution is 2.33. The van der Waals surface area contributed by atoms with Crippen LogP contribution < -0.4 is 10.1 Å². The minimum atomic E-state index is -0.641. The molecule has 2 aliphatic heterocycles. The third kappa shape index (κ3) is 3.66. The number of ether oxygens (including phenoxy) is 1. The van der Waals surface area contributed by atoms with Crippen molar-refractivity contribution in [2.24, 2.45) is 0 Å². The number of carbonyl (C=O) groups is 2. The van der Waals surface area contributed by atoms with Gasteiger partial charge >= 0.3 is 0 Å². The third-order valence-electron chi connectivity index (χ3n) is 4.72. The molecule has 2 aromatic rings. The lowest BCUT2D eigenvalue weighted by Crippen LogP contribution is -2.49. The molecule has 0 bridgehead atoms. The number of hydrogen-bond acceptors (Lipinski definition) is 5. The van der Waals surface area contributed by atoms with Crippen LogP contribution in [0.15, 0.2) is 42.5 Å².